The summed E-state index contributed by atoms with van der Waals surface area (Å²) in [5.41, 5.74) is 0. The first-order chi connectivity index (χ1) is 3.77. The maximum atomic E-state index is 9.73. The predicted molar refractivity (Wildman–Crippen MR) is 26.2 cm³/mol. The van der Waals surface area contributed by atoms with Crippen molar-refractivity contribution in [3.63, 3.8) is 0 Å². The molecule has 0 aliphatic carbocycles. The molecule has 0 fully saturated rings. The van der Waals surface area contributed by atoms with Gasteiger partial charge in [0.2, 0.25) is 0 Å². The van der Waals surface area contributed by atoms with E-state index < -0.39 is 5.97 Å². The van der Waals surface area contributed by atoms with Gasteiger partial charge in [0.1, 0.15) is 0 Å². The predicted octanol–water partition coefficient (Wildman–Crippen LogP) is -0.213. The first kappa shape index (κ1) is 6.87. The molecule has 3 N–H and O–H groups in total. The Hall–Kier alpha value is -1.13. The van der Waals surface area contributed by atoms with Gasteiger partial charge in [-0.15, -0.1) is 0 Å². The fraction of sp³-hybridized carbons (Fsp3) is 0.667. The molecule has 0 unspecified atom stereocenters. The molecule has 5 heteroatoms. The molecule has 0 aliphatic heterocycles. The molecule has 46 valence electrons. The van der Waals surface area contributed by atoms with Crippen LogP contribution in [0.3, 0.4) is 0 Å². The van der Waals surface area contributed by atoms with Gasteiger partial charge in [-0.2, -0.15) is 5.11 Å². The topological polar surface area (TPSA) is 88.0 Å². The van der Waals surface area contributed by atoms with Gasteiger partial charge in [0.25, 0.3) is 0 Å². The molecular formula is C3H7N3O2. The Morgan fingerprint density at radius 2 is 2.38 bits per heavy atom. The summed E-state index contributed by atoms with van der Waals surface area (Å²) in [5.74, 6) is 3.69. The molecule has 0 aromatic carbocycles. The Kier molecular flexibility index (Phi) is 3.47. The van der Waals surface area contributed by atoms with Gasteiger partial charge < -0.3 is 10.9 Å². The van der Waals surface area contributed by atoms with Crippen molar-refractivity contribution in [2.75, 3.05) is 6.54 Å². The van der Waals surface area contributed by atoms with E-state index in [4.69, 9.17) is 5.11 Å². The van der Waals surface area contributed by atoms with Gasteiger partial charge in [-0.25, -0.2) is 0 Å². The first-order valence-electron chi connectivity index (χ1n) is 2.06. The molecule has 0 saturated heterocycles. The largest absolute Gasteiger partial charge is 0.481 e. The number of nitrogens with two attached hydrogens (primary N) is 1. The third-order valence-corrected chi connectivity index (χ3v) is 0.507. The number of carboxylic acids is 1. The van der Waals surface area contributed by atoms with Crippen molar-refractivity contribution in [3.05, 3.63) is 0 Å². The maximum Gasteiger partial charge on any atom is 0.305 e. The summed E-state index contributed by atoms with van der Waals surface area (Å²) in [7, 11) is 0. The van der Waals surface area contributed by atoms with E-state index in [1.54, 1.807) is 0 Å². The summed E-state index contributed by atoms with van der Waals surface area (Å²) >= 11 is 0. The molecule has 0 saturated carbocycles. The Bertz CT molecular complexity index is 101. The van der Waals surface area contributed by atoms with Crippen LogP contribution in [0.25, 0.3) is 0 Å². The minimum atomic E-state index is -0.891. The first-order valence-corrected chi connectivity index (χ1v) is 2.06. The number of carboxylic acid groups (broad SMARTS) is 1. The third kappa shape index (κ3) is 4.87. The maximum absolute atomic E-state index is 9.73. The summed E-state index contributed by atoms with van der Waals surface area (Å²) in [6, 6.07) is 0. The van der Waals surface area contributed by atoms with E-state index in [1.807, 2.05) is 0 Å². The highest BCUT2D eigenvalue weighted by atomic mass is 16.4. The van der Waals surface area contributed by atoms with Crippen molar-refractivity contribution in [2.24, 2.45) is 16.2 Å². The molecule has 0 atom stereocenters. The second-order valence-corrected chi connectivity index (χ2v) is 1.12. The fourth-order valence-corrected chi connectivity index (χ4v) is 0.203. The molecule has 0 radical (unpaired) electrons. The van der Waals surface area contributed by atoms with Gasteiger partial charge in [0.05, 0.1) is 13.0 Å². The minimum Gasteiger partial charge on any atom is -0.481 e. The fourth-order valence-electron chi connectivity index (χ4n) is 0.203. The van der Waals surface area contributed by atoms with E-state index in [0.29, 0.717) is 0 Å². The van der Waals surface area contributed by atoms with Crippen molar-refractivity contribution in [1.82, 2.24) is 0 Å². The van der Waals surface area contributed by atoms with Crippen LogP contribution in [0, 0.1) is 0 Å². The Morgan fingerprint density at radius 1 is 1.75 bits per heavy atom. The lowest BCUT2D eigenvalue weighted by atomic mass is 10.4. The number of carbonyl (C=O) groups is 1. The van der Waals surface area contributed by atoms with Gasteiger partial charge in [-0.05, 0) is 0 Å². The molecule has 0 aromatic rings. The van der Waals surface area contributed by atoms with Gasteiger partial charge in [-0.1, -0.05) is 5.22 Å². The van der Waals surface area contributed by atoms with Crippen molar-refractivity contribution >= 4 is 5.97 Å². The van der Waals surface area contributed by atoms with E-state index in [1.165, 1.54) is 0 Å². The zero-order valence-corrected chi connectivity index (χ0v) is 4.24. The lowest BCUT2D eigenvalue weighted by molar-refractivity contribution is -0.136. The smallest absolute Gasteiger partial charge is 0.305 e. The van der Waals surface area contributed by atoms with Crippen molar-refractivity contribution < 1.29 is 9.90 Å². The molecule has 5 nitrogen and oxygen atoms in total. The molecule has 0 aromatic heterocycles. The quantitative estimate of drug-likeness (QED) is 0.304. The highest BCUT2D eigenvalue weighted by Gasteiger charge is 1.91. The van der Waals surface area contributed by atoms with Crippen LogP contribution in [0.1, 0.15) is 6.42 Å². The Labute approximate surface area is 46.2 Å². The van der Waals surface area contributed by atoms with E-state index in [0.717, 1.165) is 0 Å². The molecular weight excluding hydrogens is 110 g/mol. The zero-order chi connectivity index (χ0) is 6.41. The van der Waals surface area contributed by atoms with E-state index >= 15 is 0 Å². The molecule has 0 spiro atoms. The van der Waals surface area contributed by atoms with Crippen molar-refractivity contribution in [2.45, 2.75) is 6.42 Å². The summed E-state index contributed by atoms with van der Waals surface area (Å²) in [5, 5.41) is 14.1. The van der Waals surface area contributed by atoms with E-state index in [-0.39, 0.29) is 13.0 Å². The van der Waals surface area contributed by atoms with Gasteiger partial charge in [0, 0.05) is 0 Å². The van der Waals surface area contributed by atoms with Crippen LogP contribution in [-0.2, 0) is 4.79 Å². The van der Waals surface area contributed by atoms with Crippen LogP contribution in [0.15, 0.2) is 10.3 Å². The van der Waals surface area contributed by atoms with Crippen LogP contribution < -0.4 is 5.84 Å². The Balaban J connectivity index is 3.05. The molecule has 0 rings (SSSR count). The molecule has 0 amide bonds. The van der Waals surface area contributed by atoms with Gasteiger partial charge in [-0.3, -0.25) is 4.79 Å². The van der Waals surface area contributed by atoms with Crippen LogP contribution in [0.4, 0.5) is 0 Å². The summed E-state index contributed by atoms with van der Waals surface area (Å²) in [6.45, 7) is 0.159. The summed E-state index contributed by atoms with van der Waals surface area (Å²) < 4.78 is 0. The van der Waals surface area contributed by atoms with Gasteiger partial charge >= 0.3 is 5.97 Å². The lowest BCUT2D eigenvalue weighted by Gasteiger charge is -1.82. The molecule has 0 aliphatic rings. The van der Waals surface area contributed by atoms with Crippen LogP contribution in [-0.4, -0.2) is 17.6 Å². The SMILES string of the molecule is NN=NCCC(=O)O. The third-order valence-electron chi connectivity index (χ3n) is 0.507. The normalized spacial score (nSPS) is 10.0. The Morgan fingerprint density at radius 3 is 2.75 bits per heavy atom. The van der Waals surface area contributed by atoms with Crippen LogP contribution in [0.2, 0.25) is 0 Å². The number of hydrogen-bond donors (Lipinski definition) is 2. The number of nitrogens with zero attached hydrogens (tertiary/aromatic N) is 2. The monoisotopic (exact) mass is 117 g/mol. The number of aliphatic carboxylic acids is 1. The lowest BCUT2D eigenvalue weighted by Crippen LogP contribution is -1.96. The van der Waals surface area contributed by atoms with Crippen molar-refractivity contribution in [1.29, 1.82) is 0 Å². The number of rotatable bonds is 3. The second kappa shape index (κ2) is 4.04. The van der Waals surface area contributed by atoms with Crippen molar-refractivity contribution in [3.8, 4) is 0 Å². The van der Waals surface area contributed by atoms with E-state index in [9.17, 15) is 4.79 Å². The number of hydrogen-bond acceptors (Lipinski definition) is 3. The average molecular weight is 117 g/mol. The standard InChI is InChI=1S/C3H7N3O2/c4-6-5-2-1-3(7)8/h1-2H2,(H2,4,5)(H,7,8). The van der Waals surface area contributed by atoms with E-state index in [2.05, 4.69) is 16.2 Å². The molecule has 0 heterocycles. The molecule has 8 heavy (non-hydrogen) atoms. The summed E-state index contributed by atoms with van der Waals surface area (Å²) in [4.78, 5) is 9.73. The zero-order valence-electron chi connectivity index (χ0n) is 4.24. The minimum absolute atomic E-state index is 0.0132. The summed E-state index contributed by atoms with van der Waals surface area (Å²) in [6.07, 6.45) is -0.0132. The van der Waals surface area contributed by atoms with Gasteiger partial charge in [0.15, 0.2) is 0 Å². The van der Waals surface area contributed by atoms with Crippen LogP contribution in [0.5, 0.6) is 0 Å². The average Bonchev–Trinajstić information content (AvgIpc) is 1.66. The van der Waals surface area contributed by atoms with Crippen LogP contribution >= 0.6 is 0 Å². The molecule has 0 bridgehead atoms. The second-order valence-electron chi connectivity index (χ2n) is 1.12. The highest BCUT2D eigenvalue weighted by Crippen LogP contribution is 1.78. The highest BCUT2D eigenvalue weighted by molar-refractivity contribution is 5.66.